The highest BCUT2D eigenvalue weighted by Gasteiger charge is 2.53. The molecule has 1 saturated heterocycles. The second-order valence-corrected chi connectivity index (χ2v) is 3.82. The molecule has 1 aliphatic heterocycles. The van der Waals surface area contributed by atoms with E-state index >= 15 is 0 Å². The molecule has 5 heteroatoms. The number of esters is 2. The van der Waals surface area contributed by atoms with Gasteiger partial charge in [-0.15, -0.1) is 0 Å². The molecular formula is C11H16O5. The van der Waals surface area contributed by atoms with Gasteiger partial charge in [-0.1, -0.05) is 6.58 Å². The zero-order valence-corrected chi connectivity index (χ0v) is 9.74. The summed E-state index contributed by atoms with van der Waals surface area (Å²) < 4.78 is 14.7. The fourth-order valence-electron chi connectivity index (χ4n) is 1.89. The van der Waals surface area contributed by atoms with E-state index in [0.29, 0.717) is 5.57 Å². The Morgan fingerprint density at radius 3 is 2.31 bits per heavy atom. The molecule has 0 N–H and O–H groups in total. The van der Waals surface area contributed by atoms with E-state index in [0.717, 1.165) is 0 Å². The van der Waals surface area contributed by atoms with E-state index in [9.17, 15) is 9.59 Å². The second-order valence-electron chi connectivity index (χ2n) is 3.82. The van der Waals surface area contributed by atoms with Crippen molar-refractivity contribution in [1.29, 1.82) is 0 Å². The Morgan fingerprint density at radius 1 is 1.38 bits per heavy atom. The van der Waals surface area contributed by atoms with Gasteiger partial charge < -0.3 is 14.2 Å². The van der Waals surface area contributed by atoms with E-state index in [1.165, 1.54) is 14.2 Å². The van der Waals surface area contributed by atoms with Gasteiger partial charge in [0.1, 0.15) is 0 Å². The summed E-state index contributed by atoms with van der Waals surface area (Å²) in [6.07, 6.45) is -0.0192. The first-order valence-electron chi connectivity index (χ1n) is 4.95. The second kappa shape index (κ2) is 4.65. The number of methoxy groups -OCH3 is 2. The predicted molar refractivity (Wildman–Crippen MR) is 55.6 cm³/mol. The Morgan fingerprint density at radius 2 is 1.88 bits per heavy atom. The molecule has 1 unspecified atom stereocenters. The summed E-state index contributed by atoms with van der Waals surface area (Å²) in [6, 6.07) is 0. The molecule has 5 nitrogen and oxygen atoms in total. The maximum Gasteiger partial charge on any atom is 0.327 e. The average Bonchev–Trinajstić information content (AvgIpc) is 2.30. The molecule has 0 aromatic rings. The van der Waals surface area contributed by atoms with Crippen LogP contribution in [0.2, 0.25) is 0 Å². The zero-order valence-electron chi connectivity index (χ0n) is 9.74. The minimum absolute atomic E-state index is 0.158. The molecule has 16 heavy (non-hydrogen) atoms. The van der Waals surface area contributed by atoms with Crippen LogP contribution in [0.15, 0.2) is 12.2 Å². The minimum Gasteiger partial charge on any atom is -0.468 e. The summed E-state index contributed by atoms with van der Waals surface area (Å²) in [7, 11) is 2.47. The van der Waals surface area contributed by atoms with Crippen LogP contribution in [0.3, 0.4) is 0 Å². The lowest BCUT2D eigenvalue weighted by Crippen LogP contribution is -2.49. The average molecular weight is 228 g/mol. The topological polar surface area (TPSA) is 61.8 Å². The van der Waals surface area contributed by atoms with Crippen molar-refractivity contribution >= 4 is 11.9 Å². The molecule has 0 aromatic heterocycles. The third kappa shape index (κ3) is 1.82. The Kier molecular flexibility index (Phi) is 3.70. The fraction of sp³-hybridized carbons (Fsp3) is 0.636. The first-order chi connectivity index (χ1) is 7.48. The lowest BCUT2D eigenvalue weighted by Gasteiger charge is -2.36. The zero-order chi connectivity index (χ0) is 12.3. The molecule has 90 valence electrons. The van der Waals surface area contributed by atoms with Crippen molar-refractivity contribution in [2.75, 3.05) is 20.8 Å². The van der Waals surface area contributed by atoms with Crippen LogP contribution in [-0.2, 0) is 23.8 Å². The van der Waals surface area contributed by atoms with Crippen LogP contribution in [0.5, 0.6) is 0 Å². The monoisotopic (exact) mass is 228 g/mol. The Balaban J connectivity index is 3.15. The molecule has 0 aliphatic carbocycles. The van der Waals surface area contributed by atoms with E-state index in [-0.39, 0.29) is 19.1 Å². The van der Waals surface area contributed by atoms with Crippen molar-refractivity contribution in [3.8, 4) is 0 Å². The number of hydrogen-bond donors (Lipinski definition) is 0. The summed E-state index contributed by atoms with van der Waals surface area (Å²) in [6.45, 7) is 5.66. The first kappa shape index (κ1) is 12.7. The van der Waals surface area contributed by atoms with Gasteiger partial charge in [0.2, 0.25) is 0 Å². The Labute approximate surface area is 94.4 Å². The van der Waals surface area contributed by atoms with Crippen molar-refractivity contribution < 1.29 is 23.8 Å². The van der Waals surface area contributed by atoms with Crippen molar-refractivity contribution in [2.24, 2.45) is 5.41 Å². The van der Waals surface area contributed by atoms with Crippen molar-refractivity contribution in [1.82, 2.24) is 0 Å². The predicted octanol–water partition coefficient (Wildman–Crippen LogP) is 0.684. The third-order valence-corrected chi connectivity index (χ3v) is 2.81. The smallest absolute Gasteiger partial charge is 0.327 e. The van der Waals surface area contributed by atoms with Crippen molar-refractivity contribution in [2.45, 2.75) is 19.4 Å². The summed E-state index contributed by atoms with van der Waals surface area (Å²) in [5, 5.41) is 0. The number of hydrogen-bond acceptors (Lipinski definition) is 5. The Bertz CT molecular complexity index is 291. The van der Waals surface area contributed by atoms with Gasteiger partial charge in [-0.25, -0.2) is 0 Å². The van der Waals surface area contributed by atoms with E-state index < -0.39 is 17.4 Å². The van der Waals surface area contributed by atoms with E-state index in [4.69, 9.17) is 4.74 Å². The molecule has 1 heterocycles. The number of carbonyl (C=O) groups is 2. The van der Waals surface area contributed by atoms with Gasteiger partial charge >= 0.3 is 11.9 Å². The van der Waals surface area contributed by atoms with Crippen LogP contribution >= 0.6 is 0 Å². The molecule has 0 radical (unpaired) electrons. The summed E-state index contributed by atoms with van der Waals surface area (Å²) in [4.78, 5) is 23.6. The van der Waals surface area contributed by atoms with Crippen LogP contribution in [0, 0.1) is 5.41 Å². The lowest BCUT2D eigenvalue weighted by molar-refractivity contribution is -0.172. The lowest BCUT2D eigenvalue weighted by atomic mass is 9.75. The fourth-order valence-corrected chi connectivity index (χ4v) is 1.89. The van der Waals surface area contributed by atoms with Gasteiger partial charge in [0.25, 0.3) is 0 Å². The Hall–Kier alpha value is -1.36. The minimum atomic E-state index is -1.42. The number of carbonyl (C=O) groups excluding carboxylic acids is 2. The van der Waals surface area contributed by atoms with Crippen LogP contribution < -0.4 is 0 Å². The van der Waals surface area contributed by atoms with Crippen LogP contribution in [0.4, 0.5) is 0 Å². The maximum atomic E-state index is 11.8. The normalized spacial score (nSPS) is 23.7. The summed E-state index contributed by atoms with van der Waals surface area (Å²) in [5.41, 5.74) is -1.04. The third-order valence-electron chi connectivity index (χ3n) is 2.81. The highest BCUT2D eigenvalue weighted by atomic mass is 16.5. The van der Waals surface area contributed by atoms with Gasteiger partial charge in [-0.2, -0.15) is 0 Å². The highest BCUT2D eigenvalue weighted by Crippen LogP contribution is 2.39. The summed E-state index contributed by atoms with van der Waals surface area (Å²) >= 11 is 0. The largest absolute Gasteiger partial charge is 0.468 e. The number of ether oxygens (including phenoxy) is 3. The van der Waals surface area contributed by atoms with Crippen molar-refractivity contribution in [3.05, 3.63) is 12.2 Å². The van der Waals surface area contributed by atoms with Crippen LogP contribution in [0.1, 0.15) is 13.3 Å². The van der Waals surface area contributed by atoms with E-state index in [2.05, 4.69) is 16.1 Å². The van der Waals surface area contributed by atoms with Gasteiger partial charge in [0, 0.05) is 6.42 Å². The molecule has 0 bridgehead atoms. The molecule has 0 saturated carbocycles. The number of rotatable bonds is 2. The highest BCUT2D eigenvalue weighted by molar-refractivity contribution is 6.03. The quantitative estimate of drug-likeness (QED) is 0.395. The molecule has 0 aromatic carbocycles. The molecular weight excluding hydrogens is 212 g/mol. The standard InChI is InChI=1S/C11H16O5/c1-7-6-16-8(2)5-11(7,9(12)14-3)10(13)15-4/h8H,1,5-6H2,2-4H3. The van der Waals surface area contributed by atoms with E-state index in [1.807, 2.05) is 0 Å². The molecule has 1 aliphatic rings. The van der Waals surface area contributed by atoms with Gasteiger partial charge in [0.05, 0.1) is 26.9 Å². The summed E-state index contributed by atoms with van der Waals surface area (Å²) in [5.74, 6) is -1.28. The van der Waals surface area contributed by atoms with Crippen molar-refractivity contribution in [3.63, 3.8) is 0 Å². The van der Waals surface area contributed by atoms with Gasteiger partial charge in [-0.05, 0) is 12.5 Å². The van der Waals surface area contributed by atoms with E-state index in [1.54, 1.807) is 6.92 Å². The maximum absolute atomic E-state index is 11.8. The molecule has 0 spiro atoms. The van der Waals surface area contributed by atoms with Gasteiger partial charge in [0.15, 0.2) is 5.41 Å². The first-order valence-corrected chi connectivity index (χ1v) is 4.95. The molecule has 0 amide bonds. The molecule has 1 atom stereocenters. The van der Waals surface area contributed by atoms with Crippen LogP contribution in [-0.4, -0.2) is 38.9 Å². The van der Waals surface area contributed by atoms with Gasteiger partial charge in [-0.3, -0.25) is 9.59 Å². The SMILES string of the molecule is C=C1COC(C)CC1(C(=O)OC)C(=O)OC. The molecule has 1 fully saturated rings. The van der Waals surface area contributed by atoms with Crippen LogP contribution in [0.25, 0.3) is 0 Å². The molecule has 1 rings (SSSR count).